The van der Waals surface area contributed by atoms with E-state index in [0.29, 0.717) is 29.7 Å². The lowest BCUT2D eigenvalue weighted by Gasteiger charge is -2.26. The molecule has 1 unspecified atom stereocenters. The van der Waals surface area contributed by atoms with Gasteiger partial charge in [-0.25, -0.2) is 4.68 Å². The summed E-state index contributed by atoms with van der Waals surface area (Å²) in [6.45, 7) is -0.0537. The fourth-order valence-electron chi connectivity index (χ4n) is 5.37. The van der Waals surface area contributed by atoms with Crippen molar-refractivity contribution >= 4 is 11.9 Å². The summed E-state index contributed by atoms with van der Waals surface area (Å²) in [5, 5.41) is 15.6. The molecule has 2 aliphatic rings. The lowest BCUT2D eigenvalue weighted by atomic mass is 9.92. The lowest BCUT2D eigenvalue weighted by Crippen LogP contribution is -2.26. The van der Waals surface area contributed by atoms with Crippen LogP contribution in [0.25, 0.3) is 5.69 Å². The van der Waals surface area contributed by atoms with Gasteiger partial charge in [-0.3, -0.25) is 9.59 Å². The number of halogens is 5. The highest BCUT2D eigenvalue weighted by atomic mass is 19.4. The highest BCUT2D eigenvalue weighted by Crippen LogP contribution is 2.43. The first-order valence-corrected chi connectivity index (χ1v) is 13.8. The number of ether oxygens (including phenoxy) is 3. The van der Waals surface area contributed by atoms with E-state index >= 15 is 0 Å². The van der Waals surface area contributed by atoms with Crippen LogP contribution in [0.15, 0.2) is 66.7 Å². The number of carbonyl (C=O) groups excluding carboxylic acids is 1. The number of nitrogens with zero attached hydrogens (tertiary/aromatic N) is 2. The summed E-state index contributed by atoms with van der Waals surface area (Å²) in [5.74, 6) is -1.53. The van der Waals surface area contributed by atoms with Crippen LogP contribution in [0.5, 0.6) is 17.2 Å². The average Bonchev–Trinajstić information content (AvgIpc) is 3.53. The third-order valence-corrected chi connectivity index (χ3v) is 7.32. The summed E-state index contributed by atoms with van der Waals surface area (Å²) in [7, 11) is 0. The average molecular weight is 630 g/mol. The zero-order chi connectivity index (χ0) is 31.9. The topological polar surface area (TPSA) is 112 Å². The molecule has 0 bridgehead atoms. The number of aromatic nitrogens is 2. The molecule has 234 valence electrons. The highest BCUT2D eigenvalue weighted by molar-refractivity contribution is 5.94. The van der Waals surface area contributed by atoms with Gasteiger partial charge in [0, 0.05) is 17.7 Å². The monoisotopic (exact) mass is 629 g/mol. The molecule has 1 atom stereocenters. The molecule has 1 amide bonds. The van der Waals surface area contributed by atoms with Crippen molar-refractivity contribution in [2.45, 2.75) is 50.8 Å². The number of hydrogen-bond acceptors (Lipinski definition) is 6. The molecule has 45 heavy (non-hydrogen) atoms. The smallest absolute Gasteiger partial charge is 0.484 e. The molecule has 1 aliphatic carbocycles. The molecular weight excluding hydrogens is 605 g/mol. The number of nitrogens with one attached hydrogen (secondary N) is 1. The zero-order valence-electron chi connectivity index (χ0n) is 23.2. The van der Waals surface area contributed by atoms with E-state index in [2.05, 4.69) is 19.9 Å². The number of aliphatic carboxylic acids is 1. The van der Waals surface area contributed by atoms with Crippen molar-refractivity contribution in [3.63, 3.8) is 0 Å². The normalized spacial score (nSPS) is 16.6. The first-order valence-electron chi connectivity index (χ1n) is 13.8. The van der Waals surface area contributed by atoms with Crippen LogP contribution in [0.3, 0.4) is 0 Å². The molecule has 1 aliphatic heterocycles. The summed E-state index contributed by atoms with van der Waals surface area (Å²) >= 11 is 0. The molecule has 0 radical (unpaired) electrons. The van der Waals surface area contributed by atoms with Crippen molar-refractivity contribution < 1.29 is 50.9 Å². The Morgan fingerprint density at radius 2 is 1.76 bits per heavy atom. The second-order valence-corrected chi connectivity index (χ2v) is 10.5. The maximum atomic E-state index is 14.1. The number of rotatable bonds is 8. The van der Waals surface area contributed by atoms with Gasteiger partial charge in [0.2, 0.25) is 0 Å². The molecular formula is C31H24F5N3O6. The fraction of sp³-hybridized carbons (Fsp3) is 0.258. The van der Waals surface area contributed by atoms with Crippen LogP contribution in [0.1, 0.15) is 57.4 Å². The van der Waals surface area contributed by atoms with E-state index < -0.39 is 36.1 Å². The highest BCUT2D eigenvalue weighted by Gasteiger charge is 2.44. The first-order chi connectivity index (χ1) is 21.4. The third-order valence-electron chi connectivity index (χ3n) is 7.32. The van der Waals surface area contributed by atoms with Crippen molar-refractivity contribution in [2.24, 2.45) is 0 Å². The van der Waals surface area contributed by atoms with Gasteiger partial charge < -0.3 is 24.6 Å². The molecule has 0 saturated heterocycles. The van der Waals surface area contributed by atoms with Gasteiger partial charge in [-0.15, -0.1) is 8.78 Å². The molecule has 0 spiro atoms. The second-order valence-electron chi connectivity index (χ2n) is 10.5. The molecule has 6 rings (SSSR count). The molecule has 2 heterocycles. The minimum absolute atomic E-state index is 0.00416. The van der Waals surface area contributed by atoms with Crippen LogP contribution in [0.4, 0.5) is 22.0 Å². The van der Waals surface area contributed by atoms with E-state index in [1.165, 1.54) is 42.5 Å². The number of benzene rings is 3. The van der Waals surface area contributed by atoms with E-state index in [4.69, 9.17) is 9.84 Å². The first kappa shape index (κ1) is 29.9. The van der Waals surface area contributed by atoms with Crippen LogP contribution in [0, 0.1) is 0 Å². The Kier molecular flexibility index (Phi) is 7.59. The van der Waals surface area contributed by atoms with Gasteiger partial charge in [0.25, 0.3) is 5.91 Å². The van der Waals surface area contributed by atoms with Gasteiger partial charge >= 0.3 is 18.4 Å². The summed E-state index contributed by atoms with van der Waals surface area (Å²) in [6, 6.07) is 16.3. The number of fused-ring (bicyclic) bond motifs is 2. The molecule has 14 heteroatoms. The van der Waals surface area contributed by atoms with E-state index in [9.17, 15) is 31.5 Å². The molecule has 9 nitrogen and oxygen atoms in total. The molecule has 2 N–H and O–H groups in total. The van der Waals surface area contributed by atoms with Crippen molar-refractivity contribution in [1.82, 2.24) is 15.1 Å². The number of carboxylic acids is 1. The van der Waals surface area contributed by atoms with Crippen molar-refractivity contribution in [3.05, 3.63) is 100 Å². The van der Waals surface area contributed by atoms with Crippen LogP contribution >= 0.6 is 0 Å². The Hall–Kier alpha value is -5.14. The number of carbonyl (C=O) groups is 2. The van der Waals surface area contributed by atoms with Gasteiger partial charge in [-0.1, -0.05) is 24.3 Å². The van der Waals surface area contributed by atoms with Crippen LogP contribution < -0.4 is 19.5 Å². The Bertz CT molecular complexity index is 1770. The van der Waals surface area contributed by atoms with Crippen LogP contribution in [-0.4, -0.2) is 33.1 Å². The van der Waals surface area contributed by atoms with Gasteiger partial charge in [-0.2, -0.15) is 18.3 Å². The SMILES string of the molecule is O=C(O)Cc1ccc(OC2CCCc3c(C(F)(F)F)nn(-c4cccc(C(=O)NCc5ccc6c(c5)OC(F)(F)O6)c4)c32)cc1. The molecule has 3 aromatic carbocycles. The summed E-state index contributed by atoms with van der Waals surface area (Å²) in [6.07, 6.45) is -8.56. The Labute approximate surface area is 252 Å². The second kappa shape index (κ2) is 11.4. The maximum absolute atomic E-state index is 14.1. The van der Waals surface area contributed by atoms with Gasteiger partial charge in [0.1, 0.15) is 11.9 Å². The number of carboxylic acid groups (broad SMARTS) is 1. The third kappa shape index (κ3) is 6.40. The van der Waals surface area contributed by atoms with Crippen molar-refractivity contribution in [1.29, 1.82) is 0 Å². The van der Waals surface area contributed by atoms with E-state index in [1.807, 2.05) is 0 Å². The quantitative estimate of drug-likeness (QED) is 0.223. The number of amides is 1. The largest absolute Gasteiger partial charge is 0.586 e. The Balaban J connectivity index is 1.26. The molecule has 0 fully saturated rings. The standard InChI is InChI=1S/C31H24F5N3O6/c32-30(33,34)28-22-5-2-6-24(43-21-10-7-17(8-11-21)14-26(40)41)27(22)39(38-28)20-4-1-3-19(15-20)29(42)37-16-18-9-12-23-25(13-18)45-31(35,36)44-23/h1,3-4,7-13,15,24H,2,5-6,14,16H2,(H,37,42)(H,40,41). The predicted octanol–water partition coefficient (Wildman–Crippen LogP) is 6.23. The maximum Gasteiger partial charge on any atom is 0.586 e. The van der Waals surface area contributed by atoms with E-state index in [0.717, 1.165) is 4.68 Å². The molecule has 0 saturated carbocycles. The molecule has 1 aromatic heterocycles. The van der Waals surface area contributed by atoms with Gasteiger partial charge in [-0.05, 0) is 72.9 Å². The lowest BCUT2D eigenvalue weighted by molar-refractivity contribution is -0.286. The summed E-state index contributed by atoms with van der Waals surface area (Å²) in [5.41, 5.74) is 0.491. The minimum Gasteiger partial charge on any atom is -0.484 e. The fourth-order valence-corrected chi connectivity index (χ4v) is 5.37. The minimum atomic E-state index is -4.74. The summed E-state index contributed by atoms with van der Waals surface area (Å²) < 4.78 is 85.1. The number of hydrogen-bond donors (Lipinski definition) is 2. The van der Waals surface area contributed by atoms with E-state index in [-0.39, 0.29) is 53.4 Å². The Morgan fingerprint density at radius 1 is 1.02 bits per heavy atom. The molecule has 4 aromatic rings. The van der Waals surface area contributed by atoms with Crippen LogP contribution in [-0.2, 0) is 30.4 Å². The van der Waals surface area contributed by atoms with Crippen molar-refractivity contribution in [3.8, 4) is 22.9 Å². The zero-order valence-corrected chi connectivity index (χ0v) is 23.2. The van der Waals surface area contributed by atoms with Gasteiger partial charge in [0.05, 0.1) is 17.8 Å². The van der Waals surface area contributed by atoms with Crippen molar-refractivity contribution in [2.75, 3.05) is 0 Å². The van der Waals surface area contributed by atoms with Gasteiger partial charge in [0.15, 0.2) is 17.2 Å². The van der Waals surface area contributed by atoms with Crippen LogP contribution in [0.2, 0.25) is 0 Å². The summed E-state index contributed by atoms with van der Waals surface area (Å²) in [4.78, 5) is 24.0. The van der Waals surface area contributed by atoms with E-state index in [1.54, 1.807) is 24.3 Å². The predicted molar refractivity (Wildman–Crippen MR) is 146 cm³/mol. The number of alkyl halides is 5. The Morgan fingerprint density at radius 3 is 2.49 bits per heavy atom.